The van der Waals surface area contributed by atoms with E-state index in [1.54, 1.807) is 18.2 Å². The number of hydrogen-bond acceptors (Lipinski definition) is 5. The molecule has 0 spiro atoms. The zero-order valence-corrected chi connectivity index (χ0v) is 13.0. The van der Waals surface area contributed by atoms with Crippen molar-refractivity contribution in [3.63, 3.8) is 0 Å². The molecule has 118 valence electrons. The molecule has 1 aromatic rings. The minimum atomic E-state index is -0.742. The predicted molar refractivity (Wildman–Crippen MR) is 83.3 cm³/mol. The second kappa shape index (κ2) is 5.56. The lowest BCUT2D eigenvalue weighted by Gasteiger charge is -2.36. The number of nitriles is 1. The average molecular weight is 311 g/mol. The van der Waals surface area contributed by atoms with Gasteiger partial charge in [-0.2, -0.15) is 5.26 Å². The fraction of sp³-hybridized carbons (Fsp3) is 0.333. The van der Waals surface area contributed by atoms with E-state index in [9.17, 15) is 9.90 Å². The average Bonchev–Trinajstić information content (AvgIpc) is 2.91. The van der Waals surface area contributed by atoms with Gasteiger partial charge in [-0.1, -0.05) is 0 Å². The molecule has 0 radical (unpaired) electrons. The Labute approximate surface area is 134 Å². The van der Waals surface area contributed by atoms with Gasteiger partial charge in [0, 0.05) is 24.5 Å². The Morgan fingerprint density at radius 3 is 2.78 bits per heavy atom. The Morgan fingerprint density at radius 1 is 1.39 bits per heavy atom. The minimum Gasteiger partial charge on any atom is -0.482 e. The lowest BCUT2D eigenvalue weighted by atomic mass is 9.90. The van der Waals surface area contributed by atoms with Crippen LogP contribution in [0.2, 0.25) is 0 Å². The lowest BCUT2D eigenvalue weighted by Crippen LogP contribution is -2.36. The number of carbonyl (C=O) groups is 1. The molecule has 0 unspecified atom stereocenters. The molecule has 3 rings (SSSR count). The molecule has 1 heterocycles. The molecule has 2 aliphatic rings. The number of fused-ring (bicyclic) bond motifs is 1. The molecule has 0 saturated heterocycles. The molecule has 0 aromatic heterocycles. The van der Waals surface area contributed by atoms with E-state index in [0.29, 0.717) is 46.8 Å². The van der Waals surface area contributed by atoms with Crippen LogP contribution in [-0.2, 0) is 9.53 Å². The van der Waals surface area contributed by atoms with Crippen molar-refractivity contribution in [3.05, 3.63) is 46.7 Å². The van der Waals surface area contributed by atoms with Gasteiger partial charge in [-0.15, -0.1) is 0 Å². The molecule has 0 atom stereocenters. The molecular formula is C18H17NO4. The van der Waals surface area contributed by atoms with Crippen LogP contribution in [0.1, 0.15) is 37.8 Å². The van der Waals surface area contributed by atoms with Crippen molar-refractivity contribution >= 4 is 11.5 Å². The van der Waals surface area contributed by atoms with Crippen molar-refractivity contribution in [2.45, 2.75) is 32.3 Å². The number of ketones is 1. The summed E-state index contributed by atoms with van der Waals surface area (Å²) in [7, 11) is 0. The maximum atomic E-state index is 11.4. The number of hydrogen-bond donors (Lipinski definition) is 1. The van der Waals surface area contributed by atoms with Crippen LogP contribution in [0.3, 0.4) is 0 Å². The van der Waals surface area contributed by atoms with Crippen LogP contribution in [0.15, 0.2) is 35.6 Å². The first kappa shape index (κ1) is 15.3. The van der Waals surface area contributed by atoms with Gasteiger partial charge in [-0.3, -0.25) is 4.79 Å². The Bertz CT molecular complexity index is 781. The van der Waals surface area contributed by atoms with Gasteiger partial charge >= 0.3 is 0 Å². The third kappa shape index (κ3) is 2.73. The maximum Gasteiger partial charge on any atom is 0.159 e. The quantitative estimate of drug-likeness (QED) is 0.928. The summed E-state index contributed by atoms with van der Waals surface area (Å²) in [4.78, 5) is 11.4. The second-order valence-electron chi connectivity index (χ2n) is 6.08. The van der Waals surface area contributed by atoms with Crippen LogP contribution in [0.25, 0.3) is 5.76 Å². The van der Waals surface area contributed by atoms with E-state index in [1.807, 2.05) is 13.8 Å². The van der Waals surface area contributed by atoms with Crippen molar-refractivity contribution in [2.75, 3.05) is 6.61 Å². The second-order valence-corrected chi connectivity index (χ2v) is 6.08. The van der Waals surface area contributed by atoms with Gasteiger partial charge in [0.1, 0.15) is 22.9 Å². The lowest BCUT2D eigenvalue weighted by molar-refractivity contribution is -0.114. The van der Waals surface area contributed by atoms with Crippen LogP contribution in [0, 0.1) is 11.3 Å². The molecule has 1 aliphatic carbocycles. The van der Waals surface area contributed by atoms with Crippen LogP contribution in [0.5, 0.6) is 5.75 Å². The number of benzene rings is 1. The molecule has 5 nitrogen and oxygen atoms in total. The first-order valence-electron chi connectivity index (χ1n) is 7.44. The summed E-state index contributed by atoms with van der Waals surface area (Å²) in [6.45, 7) is 3.45. The zero-order chi connectivity index (χ0) is 16.6. The van der Waals surface area contributed by atoms with Crippen molar-refractivity contribution in [3.8, 4) is 11.8 Å². The first-order valence-corrected chi connectivity index (χ1v) is 7.44. The van der Waals surface area contributed by atoms with Crippen molar-refractivity contribution in [1.82, 2.24) is 0 Å². The molecule has 0 amide bonds. The summed E-state index contributed by atoms with van der Waals surface area (Å²) in [5.41, 5.74) is 0.934. The van der Waals surface area contributed by atoms with Crippen LogP contribution < -0.4 is 4.74 Å². The van der Waals surface area contributed by atoms with Crippen LogP contribution >= 0.6 is 0 Å². The van der Waals surface area contributed by atoms with Gasteiger partial charge in [-0.25, -0.2) is 0 Å². The minimum absolute atomic E-state index is 0.0310. The molecule has 1 aromatic carbocycles. The SMILES string of the molecule is CC1(C)Oc2ccc(C#N)cc2C(OC2=CC(=O)CC2)=C1CO. The summed E-state index contributed by atoms with van der Waals surface area (Å²) in [5.74, 6) is 1.66. The number of nitrogens with zero attached hydrogens (tertiary/aromatic N) is 1. The van der Waals surface area contributed by atoms with Gasteiger partial charge < -0.3 is 14.6 Å². The van der Waals surface area contributed by atoms with Gasteiger partial charge in [0.05, 0.1) is 23.8 Å². The molecule has 23 heavy (non-hydrogen) atoms. The summed E-state index contributed by atoms with van der Waals surface area (Å²) < 4.78 is 11.9. The van der Waals surface area contributed by atoms with E-state index >= 15 is 0 Å². The van der Waals surface area contributed by atoms with Gasteiger partial charge in [0.25, 0.3) is 0 Å². The molecule has 1 N–H and O–H groups in total. The number of rotatable bonds is 3. The topological polar surface area (TPSA) is 79.5 Å². The molecule has 1 aliphatic heterocycles. The van der Waals surface area contributed by atoms with Gasteiger partial charge in [0.2, 0.25) is 0 Å². The van der Waals surface area contributed by atoms with E-state index < -0.39 is 5.60 Å². The number of carbonyl (C=O) groups excluding carboxylic acids is 1. The van der Waals surface area contributed by atoms with Gasteiger partial charge in [0.15, 0.2) is 5.78 Å². The summed E-state index contributed by atoms with van der Waals surface area (Å²) in [5, 5.41) is 18.9. The fourth-order valence-corrected chi connectivity index (χ4v) is 2.80. The van der Waals surface area contributed by atoms with E-state index in [2.05, 4.69) is 6.07 Å². The highest BCUT2D eigenvalue weighted by molar-refractivity contribution is 5.92. The highest BCUT2D eigenvalue weighted by atomic mass is 16.5. The fourth-order valence-electron chi connectivity index (χ4n) is 2.80. The van der Waals surface area contributed by atoms with E-state index in [1.165, 1.54) is 6.08 Å². The molecular weight excluding hydrogens is 294 g/mol. The summed E-state index contributed by atoms with van der Waals surface area (Å²) in [6, 6.07) is 7.16. The van der Waals surface area contributed by atoms with Crippen molar-refractivity contribution < 1.29 is 19.4 Å². The number of aliphatic hydroxyl groups excluding tert-OH is 1. The Kier molecular flexibility index (Phi) is 3.70. The maximum absolute atomic E-state index is 11.4. The number of aliphatic hydroxyl groups is 1. The van der Waals surface area contributed by atoms with E-state index in [0.717, 1.165) is 0 Å². The highest BCUT2D eigenvalue weighted by Gasteiger charge is 2.36. The van der Waals surface area contributed by atoms with Crippen LogP contribution in [-0.4, -0.2) is 23.1 Å². The van der Waals surface area contributed by atoms with E-state index in [-0.39, 0.29) is 12.4 Å². The first-order chi connectivity index (χ1) is 10.9. The third-order valence-electron chi connectivity index (χ3n) is 4.05. The monoisotopic (exact) mass is 311 g/mol. The largest absolute Gasteiger partial charge is 0.482 e. The standard InChI is InChI=1S/C18H17NO4/c1-18(2)15(10-20)17(22-13-5-4-12(21)8-13)14-7-11(9-19)3-6-16(14)23-18/h3,6-8,20H,4-5,10H2,1-2H3. The number of allylic oxidation sites excluding steroid dienone is 2. The third-order valence-corrected chi connectivity index (χ3v) is 4.05. The van der Waals surface area contributed by atoms with Crippen molar-refractivity contribution in [2.24, 2.45) is 0 Å². The smallest absolute Gasteiger partial charge is 0.159 e. The van der Waals surface area contributed by atoms with Crippen molar-refractivity contribution in [1.29, 1.82) is 5.26 Å². The summed E-state index contributed by atoms with van der Waals surface area (Å²) in [6.07, 6.45) is 2.45. The molecule has 0 bridgehead atoms. The summed E-state index contributed by atoms with van der Waals surface area (Å²) >= 11 is 0. The number of ether oxygens (including phenoxy) is 2. The molecule has 5 heteroatoms. The normalized spacial score (nSPS) is 18.9. The Morgan fingerprint density at radius 2 is 2.17 bits per heavy atom. The Hall–Kier alpha value is -2.58. The zero-order valence-electron chi connectivity index (χ0n) is 13.0. The van der Waals surface area contributed by atoms with Crippen LogP contribution in [0.4, 0.5) is 0 Å². The predicted octanol–water partition coefficient (Wildman–Crippen LogP) is 2.70. The van der Waals surface area contributed by atoms with Gasteiger partial charge in [-0.05, 0) is 32.0 Å². The highest BCUT2D eigenvalue weighted by Crippen LogP contribution is 2.43. The molecule has 0 saturated carbocycles. The van der Waals surface area contributed by atoms with E-state index in [4.69, 9.17) is 14.7 Å². The molecule has 0 fully saturated rings. The Balaban J connectivity index is 2.14.